The van der Waals surface area contributed by atoms with Crippen LogP contribution in [-0.4, -0.2) is 128 Å². The Hall–Kier alpha value is -8.78. The number of carbonyl (C=O) groups excluding carboxylic acids is 4. The van der Waals surface area contributed by atoms with Crippen LogP contribution >= 0.6 is 0 Å². The highest BCUT2D eigenvalue weighted by molar-refractivity contribution is 6.30. The van der Waals surface area contributed by atoms with E-state index in [0.29, 0.717) is 74.2 Å². The summed E-state index contributed by atoms with van der Waals surface area (Å²) in [4.78, 5) is 90.4. The van der Waals surface area contributed by atoms with E-state index in [4.69, 9.17) is 28.4 Å². The molecule has 0 spiro atoms. The quantitative estimate of drug-likeness (QED) is 0.0104. The summed E-state index contributed by atoms with van der Waals surface area (Å²) in [7, 11) is 7.05. The van der Waals surface area contributed by atoms with Crippen molar-refractivity contribution in [1.82, 2.24) is 20.4 Å². The fraction of sp³-hybridized carbons (Fsp3) is 0.545. The molecule has 0 aliphatic carbocycles. The number of carbonyl (C=O) groups is 4. The number of hydrogen-bond donors (Lipinski definition) is 2. The van der Waals surface area contributed by atoms with Gasteiger partial charge in [0.1, 0.15) is 35.2 Å². The van der Waals surface area contributed by atoms with E-state index in [1.165, 1.54) is 26.0 Å². The molecular formula is C66H92N8O17. The zero-order valence-corrected chi connectivity index (χ0v) is 54.1. The molecule has 0 aliphatic heterocycles. The number of benzene rings is 4. The third kappa shape index (κ3) is 24.8. The van der Waals surface area contributed by atoms with Gasteiger partial charge in [0.2, 0.25) is 0 Å². The number of hydrogen-bond acceptors (Lipinski definition) is 20. The molecule has 8 unspecified atom stereocenters. The zero-order chi connectivity index (χ0) is 66.2. The first-order chi connectivity index (χ1) is 43.1. The van der Waals surface area contributed by atoms with Crippen molar-refractivity contribution in [3.8, 4) is 35.1 Å². The van der Waals surface area contributed by atoms with E-state index in [1.807, 2.05) is 88.6 Å². The molecule has 4 aromatic carbocycles. The van der Waals surface area contributed by atoms with Crippen molar-refractivity contribution in [2.75, 3.05) is 54.5 Å². The van der Waals surface area contributed by atoms with Crippen LogP contribution in [0.15, 0.2) is 97.1 Å². The van der Waals surface area contributed by atoms with Crippen molar-refractivity contribution < 1.29 is 72.9 Å². The Labute approximate surface area is 534 Å². The topological polar surface area (TPSA) is 338 Å². The van der Waals surface area contributed by atoms with Gasteiger partial charge in [0.05, 0.1) is 37.2 Å². The summed E-state index contributed by atoms with van der Waals surface area (Å²) in [5, 5.41) is 46.2. The lowest BCUT2D eigenvalue weighted by Crippen LogP contribution is -2.47. The molecule has 4 rings (SSSR count). The molecule has 4 N–H and O–H groups in total. The zero-order valence-electron chi connectivity index (χ0n) is 54.1. The minimum Gasteiger partial charge on any atom is -0.497 e. The van der Waals surface area contributed by atoms with E-state index in [2.05, 4.69) is 56.1 Å². The summed E-state index contributed by atoms with van der Waals surface area (Å²) in [5.41, 5.74) is 1.73. The standard InChI is InChI=1S/C66H90N8O16.H2O/c1-11-13-15-17-33-65(45-67,53-27-21-29-55(41-53)83-9)35-23-37-71(7)49(5)51-25-19-31-57(39-51)85-63(59(75)69-43-47(3)89-73(79)80)87-61(77)62(78)88-64(60(76)70-44-48(4)90-74(81)82)86-58-32-20-26-52(40-58)50(6)72(8)38-24-36-66(46-68,34-18-16-14-12-2)54-28-22-30-56(42-54)84-10;/h19-22,25-32,39-42,47-50,63-64H,11-18,23-24,33-38,43-44H2,1-10H3,(H,69,75)(H,70,76);1H2. The first-order valence-electron chi connectivity index (χ1n) is 30.7. The number of nitrogens with one attached hydrogen (secondary N) is 2. The maximum Gasteiger partial charge on any atom is 0.421 e. The Morgan fingerprint density at radius 2 is 0.890 bits per heavy atom. The van der Waals surface area contributed by atoms with Gasteiger partial charge in [0, 0.05) is 25.2 Å². The van der Waals surface area contributed by atoms with Crippen molar-refractivity contribution in [3.05, 3.63) is 140 Å². The maximum absolute atomic E-state index is 13.8. The lowest BCUT2D eigenvalue weighted by molar-refractivity contribution is -0.767. The van der Waals surface area contributed by atoms with Gasteiger partial charge in [0.25, 0.3) is 10.2 Å². The average molecular weight is 1270 g/mol. The molecule has 0 heterocycles. The molecule has 4 aromatic rings. The van der Waals surface area contributed by atoms with Crippen molar-refractivity contribution in [3.63, 3.8) is 0 Å². The number of amides is 2. The summed E-state index contributed by atoms with van der Waals surface area (Å²) in [6.07, 6.45) is 5.11. The smallest absolute Gasteiger partial charge is 0.421 e. The fourth-order valence-corrected chi connectivity index (χ4v) is 10.4. The van der Waals surface area contributed by atoms with Crippen LogP contribution in [0, 0.1) is 42.9 Å². The third-order valence-electron chi connectivity index (χ3n) is 16.0. The van der Waals surface area contributed by atoms with Gasteiger partial charge in [0.15, 0.2) is 0 Å². The second-order valence-corrected chi connectivity index (χ2v) is 22.6. The molecule has 0 saturated carbocycles. The van der Waals surface area contributed by atoms with Crippen LogP contribution in [-0.2, 0) is 49.2 Å². The molecule has 91 heavy (non-hydrogen) atoms. The Kier molecular flexibility index (Phi) is 33.1. The van der Waals surface area contributed by atoms with Gasteiger partial charge in [-0.2, -0.15) is 10.5 Å². The number of methoxy groups -OCH3 is 2. The molecule has 0 aliphatic rings. The predicted octanol–water partition coefficient (Wildman–Crippen LogP) is 9.91. The molecule has 498 valence electrons. The van der Waals surface area contributed by atoms with Crippen molar-refractivity contribution in [1.29, 1.82) is 10.5 Å². The summed E-state index contributed by atoms with van der Waals surface area (Å²) < 4.78 is 33.6. The van der Waals surface area contributed by atoms with Crippen LogP contribution in [0.5, 0.6) is 23.0 Å². The second kappa shape index (κ2) is 39.4. The van der Waals surface area contributed by atoms with E-state index in [9.17, 15) is 49.9 Å². The summed E-state index contributed by atoms with van der Waals surface area (Å²) in [6.45, 7) is 11.0. The van der Waals surface area contributed by atoms with E-state index in [-0.39, 0.29) is 29.1 Å². The van der Waals surface area contributed by atoms with Crippen molar-refractivity contribution >= 4 is 23.8 Å². The Morgan fingerprint density at radius 3 is 1.23 bits per heavy atom. The van der Waals surface area contributed by atoms with Gasteiger partial charge in [-0.05, 0) is 164 Å². The average Bonchev–Trinajstić information content (AvgIpc) is 1.23. The first-order valence-corrected chi connectivity index (χ1v) is 30.7. The normalized spacial score (nSPS) is 14.3. The number of esters is 2. The van der Waals surface area contributed by atoms with E-state index in [1.54, 1.807) is 38.5 Å². The van der Waals surface area contributed by atoms with Crippen LogP contribution < -0.4 is 29.6 Å². The molecule has 25 nitrogen and oxygen atoms in total. The summed E-state index contributed by atoms with van der Waals surface area (Å²) >= 11 is 0. The Bertz CT molecular complexity index is 2830. The van der Waals surface area contributed by atoms with E-state index >= 15 is 0 Å². The van der Waals surface area contributed by atoms with Crippen molar-refractivity contribution in [2.45, 2.75) is 179 Å². The predicted molar refractivity (Wildman–Crippen MR) is 337 cm³/mol. The van der Waals surface area contributed by atoms with Crippen LogP contribution in [0.2, 0.25) is 0 Å². The molecular weight excluding hydrogens is 1180 g/mol. The van der Waals surface area contributed by atoms with Crippen molar-refractivity contribution in [2.24, 2.45) is 0 Å². The Morgan fingerprint density at radius 1 is 0.538 bits per heavy atom. The number of nitrogens with zero attached hydrogens (tertiary/aromatic N) is 6. The van der Waals surface area contributed by atoms with E-state index in [0.717, 1.165) is 62.5 Å². The second-order valence-electron chi connectivity index (χ2n) is 22.6. The minimum atomic E-state index is -2.24. The van der Waals surface area contributed by atoms with Gasteiger partial charge in [-0.1, -0.05) is 114 Å². The number of unbranched alkanes of at least 4 members (excludes halogenated alkanes) is 6. The third-order valence-corrected chi connectivity index (χ3v) is 16.0. The molecule has 25 heteroatoms. The molecule has 8 atom stereocenters. The number of rotatable bonds is 42. The van der Waals surface area contributed by atoms with Crippen LogP contribution in [0.3, 0.4) is 0 Å². The van der Waals surface area contributed by atoms with Gasteiger partial charge < -0.3 is 54.2 Å². The molecule has 0 fully saturated rings. The minimum absolute atomic E-state index is 0. The highest BCUT2D eigenvalue weighted by Gasteiger charge is 2.37. The van der Waals surface area contributed by atoms with Crippen LogP contribution in [0.1, 0.15) is 166 Å². The Balaban J connectivity index is 0.0000216. The van der Waals surface area contributed by atoms with Gasteiger partial charge in [-0.25, -0.2) is 9.59 Å². The van der Waals surface area contributed by atoms with Gasteiger partial charge >= 0.3 is 36.3 Å². The summed E-state index contributed by atoms with van der Waals surface area (Å²) in [5.74, 6) is -4.63. The SMILES string of the molecule is CCCCCCC(C#N)(CCCN(C)C(C)c1cccc(OC(OC(=O)C(=O)OC(Oc2cccc(C(C)N(C)CCCC(C#N)(CCCCCC)c3cccc(OC)c3)c2)C(=O)NCC(C)O[N+](=O)[O-])C(=O)NCC(C)O[N+](=O)[O-])c1)c1cccc(OC)c1.O. The lowest BCUT2D eigenvalue weighted by atomic mass is 9.74. The highest BCUT2D eigenvalue weighted by atomic mass is 17.0. The molecule has 0 saturated heterocycles. The van der Waals surface area contributed by atoms with Crippen LogP contribution in [0.4, 0.5) is 0 Å². The van der Waals surface area contributed by atoms with Gasteiger partial charge in [-0.3, -0.25) is 19.4 Å². The molecule has 0 radical (unpaired) electrons. The molecule has 0 aromatic heterocycles. The number of ether oxygens (including phenoxy) is 6. The maximum atomic E-state index is 13.8. The van der Waals surface area contributed by atoms with E-state index < -0.39 is 82.6 Å². The molecule has 0 bridgehead atoms. The fourth-order valence-electron chi connectivity index (χ4n) is 10.4. The summed E-state index contributed by atoms with van der Waals surface area (Å²) in [6, 6.07) is 33.1. The van der Waals surface area contributed by atoms with Gasteiger partial charge in [-0.15, -0.1) is 20.2 Å². The number of nitriles is 2. The molecule has 2 amide bonds. The first kappa shape index (κ1) is 76.5. The highest BCUT2D eigenvalue weighted by Crippen LogP contribution is 2.39. The van der Waals surface area contributed by atoms with Crippen LogP contribution in [0.25, 0.3) is 0 Å². The largest absolute Gasteiger partial charge is 0.497 e. The lowest BCUT2D eigenvalue weighted by Gasteiger charge is -2.30. The monoisotopic (exact) mass is 1270 g/mol.